The number of carbonyl (C=O) groups is 1. The van der Waals surface area contributed by atoms with Crippen molar-refractivity contribution in [3.63, 3.8) is 0 Å². The lowest BCUT2D eigenvalue weighted by Gasteiger charge is -2.05. The molecule has 0 aliphatic rings. The highest BCUT2D eigenvalue weighted by atomic mass is 35.5. The Hall–Kier alpha value is -2.80. The van der Waals surface area contributed by atoms with Crippen molar-refractivity contribution in [2.75, 3.05) is 19.0 Å². The molecule has 0 aliphatic heterocycles. The second-order valence-electron chi connectivity index (χ2n) is 5.20. The number of nitrogens with zero attached hydrogens (tertiary/aromatic N) is 3. The first kappa shape index (κ1) is 17.0. The summed E-state index contributed by atoms with van der Waals surface area (Å²) >= 11 is 5.98. The minimum atomic E-state index is -0.438. The Morgan fingerprint density at radius 2 is 2.20 bits per heavy atom. The molecule has 0 saturated carbocycles. The van der Waals surface area contributed by atoms with Gasteiger partial charge in [0.2, 0.25) is 5.95 Å². The van der Waals surface area contributed by atoms with E-state index in [0.29, 0.717) is 41.1 Å². The zero-order valence-electron chi connectivity index (χ0n) is 13.8. The summed E-state index contributed by atoms with van der Waals surface area (Å²) in [4.78, 5) is 16.3. The topological polar surface area (TPSA) is 77.8 Å². The summed E-state index contributed by atoms with van der Waals surface area (Å²) in [5.41, 5.74) is 1.85. The molecule has 0 atom stereocenters. The number of halogens is 1. The van der Waals surface area contributed by atoms with Crippen molar-refractivity contribution < 1.29 is 14.3 Å². The molecule has 0 bridgehead atoms. The van der Waals surface area contributed by atoms with Crippen LogP contribution in [0.5, 0.6) is 5.75 Å². The number of nitrogens with one attached hydrogen (secondary N) is 1. The number of esters is 1. The van der Waals surface area contributed by atoms with E-state index in [2.05, 4.69) is 15.4 Å². The normalized spacial score (nSPS) is 10.7. The molecule has 2 aromatic heterocycles. The molecule has 1 aromatic carbocycles. The van der Waals surface area contributed by atoms with E-state index in [1.165, 1.54) is 11.6 Å². The largest absolute Gasteiger partial charge is 0.493 e. The quantitative estimate of drug-likeness (QED) is 0.680. The van der Waals surface area contributed by atoms with Gasteiger partial charge in [-0.15, -0.1) is 5.10 Å². The number of aromatic nitrogens is 3. The van der Waals surface area contributed by atoms with Crippen molar-refractivity contribution in [1.82, 2.24) is 14.6 Å². The van der Waals surface area contributed by atoms with E-state index in [1.807, 2.05) is 24.3 Å². The zero-order chi connectivity index (χ0) is 17.8. The van der Waals surface area contributed by atoms with Crippen molar-refractivity contribution in [2.45, 2.75) is 13.5 Å². The van der Waals surface area contributed by atoms with Crippen LogP contribution in [0.3, 0.4) is 0 Å². The summed E-state index contributed by atoms with van der Waals surface area (Å²) in [6.45, 7) is 2.56. The second kappa shape index (κ2) is 7.40. The summed E-state index contributed by atoms with van der Waals surface area (Å²) in [7, 11) is 1.51. The van der Waals surface area contributed by atoms with Crippen molar-refractivity contribution in [3.8, 4) is 5.75 Å². The Labute approximate surface area is 149 Å². The summed E-state index contributed by atoms with van der Waals surface area (Å²) in [5.74, 6) is 0.416. The Bertz CT molecular complexity index is 910. The van der Waals surface area contributed by atoms with Gasteiger partial charge in [0.15, 0.2) is 11.4 Å². The Kier molecular flexibility index (Phi) is 5.04. The highest BCUT2D eigenvalue weighted by molar-refractivity contribution is 6.30. The Morgan fingerprint density at radius 3 is 2.92 bits per heavy atom. The first-order valence-electron chi connectivity index (χ1n) is 7.70. The van der Waals surface area contributed by atoms with Gasteiger partial charge in [0, 0.05) is 23.8 Å². The van der Waals surface area contributed by atoms with Gasteiger partial charge in [-0.25, -0.2) is 9.31 Å². The van der Waals surface area contributed by atoms with E-state index < -0.39 is 5.97 Å². The molecular formula is C17H17ClN4O3. The average molecular weight is 361 g/mol. The maximum atomic E-state index is 11.9. The fourth-order valence-electron chi connectivity index (χ4n) is 2.34. The maximum Gasteiger partial charge on any atom is 0.339 e. The van der Waals surface area contributed by atoms with Gasteiger partial charge >= 0.3 is 5.97 Å². The highest BCUT2D eigenvalue weighted by Gasteiger charge is 2.15. The number of anilines is 1. The number of ether oxygens (including phenoxy) is 2. The van der Waals surface area contributed by atoms with Crippen LogP contribution in [0.15, 0.2) is 36.5 Å². The van der Waals surface area contributed by atoms with E-state index >= 15 is 0 Å². The highest BCUT2D eigenvalue weighted by Crippen LogP contribution is 2.22. The Morgan fingerprint density at radius 1 is 1.36 bits per heavy atom. The molecule has 0 fully saturated rings. The molecule has 1 N–H and O–H groups in total. The first-order valence-corrected chi connectivity index (χ1v) is 8.08. The molecule has 0 amide bonds. The molecular weight excluding hydrogens is 344 g/mol. The van der Waals surface area contributed by atoms with E-state index in [0.717, 1.165) is 5.56 Å². The van der Waals surface area contributed by atoms with Crippen molar-refractivity contribution in [2.24, 2.45) is 0 Å². The van der Waals surface area contributed by atoms with Crippen molar-refractivity contribution >= 4 is 29.2 Å². The van der Waals surface area contributed by atoms with Gasteiger partial charge in [0.1, 0.15) is 0 Å². The van der Waals surface area contributed by atoms with Gasteiger partial charge < -0.3 is 14.8 Å². The summed E-state index contributed by atoms with van der Waals surface area (Å²) in [6, 6.07) is 9.10. The number of hydrogen-bond acceptors (Lipinski definition) is 6. The lowest BCUT2D eigenvalue weighted by atomic mass is 10.2. The van der Waals surface area contributed by atoms with Gasteiger partial charge in [-0.2, -0.15) is 4.98 Å². The average Bonchev–Trinajstić information content (AvgIpc) is 3.02. The third-order valence-corrected chi connectivity index (χ3v) is 3.71. The third kappa shape index (κ3) is 3.83. The van der Waals surface area contributed by atoms with Gasteiger partial charge in [0.25, 0.3) is 0 Å². The molecule has 7 nitrogen and oxygen atoms in total. The van der Waals surface area contributed by atoms with Crippen molar-refractivity contribution in [1.29, 1.82) is 0 Å². The maximum absolute atomic E-state index is 11.9. The van der Waals surface area contributed by atoms with Crippen LogP contribution in [0.1, 0.15) is 22.8 Å². The smallest absolute Gasteiger partial charge is 0.339 e. The lowest BCUT2D eigenvalue weighted by molar-refractivity contribution is 0.0525. The summed E-state index contributed by atoms with van der Waals surface area (Å²) in [6.07, 6.45) is 1.56. The minimum absolute atomic E-state index is 0.295. The summed E-state index contributed by atoms with van der Waals surface area (Å²) in [5, 5.41) is 8.13. The Balaban J connectivity index is 1.86. The number of rotatable bonds is 6. The zero-order valence-corrected chi connectivity index (χ0v) is 14.6. The molecule has 130 valence electrons. The van der Waals surface area contributed by atoms with Gasteiger partial charge in [-0.1, -0.05) is 23.7 Å². The van der Waals surface area contributed by atoms with Crippen LogP contribution in [0.4, 0.5) is 5.95 Å². The SMILES string of the molecule is CCOC(=O)c1cc(OC)c2nc(NCc3cccc(Cl)c3)nn2c1. The van der Waals surface area contributed by atoms with E-state index in [4.69, 9.17) is 21.1 Å². The van der Waals surface area contributed by atoms with Crippen LogP contribution in [0, 0.1) is 0 Å². The molecule has 0 saturated heterocycles. The molecule has 2 heterocycles. The summed E-state index contributed by atoms with van der Waals surface area (Å²) < 4.78 is 11.8. The molecule has 0 unspecified atom stereocenters. The molecule has 8 heteroatoms. The van der Waals surface area contributed by atoms with Gasteiger partial charge in [-0.3, -0.25) is 0 Å². The first-order chi connectivity index (χ1) is 12.1. The molecule has 0 aliphatic carbocycles. The third-order valence-electron chi connectivity index (χ3n) is 3.47. The number of hydrogen-bond donors (Lipinski definition) is 1. The molecule has 25 heavy (non-hydrogen) atoms. The number of fused-ring (bicyclic) bond motifs is 1. The number of pyridine rings is 1. The number of carbonyl (C=O) groups excluding carboxylic acids is 1. The van der Waals surface area contributed by atoms with Gasteiger partial charge in [-0.05, 0) is 24.6 Å². The van der Waals surface area contributed by atoms with Crippen LogP contribution in [0.25, 0.3) is 5.65 Å². The molecule has 0 radical (unpaired) electrons. The van der Waals surface area contributed by atoms with Crippen LogP contribution in [0.2, 0.25) is 5.02 Å². The number of methoxy groups -OCH3 is 1. The van der Waals surface area contributed by atoms with Crippen LogP contribution in [-0.4, -0.2) is 34.3 Å². The van der Waals surface area contributed by atoms with Crippen LogP contribution < -0.4 is 10.1 Å². The fourth-order valence-corrected chi connectivity index (χ4v) is 2.55. The fraction of sp³-hybridized carbons (Fsp3) is 0.235. The lowest BCUT2D eigenvalue weighted by Crippen LogP contribution is -2.07. The molecule has 0 spiro atoms. The monoisotopic (exact) mass is 360 g/mol. The van der Waals surface area contributed by atoms with Crippen LogP contribution in [-0.2, 0) is 11.3 Å². The van der Waals surface area contributed by atoms with Crippen LogP contribution >= 0.6 is 11.6 Å². The van der Waals surface area contributed by atoms with Crippen molar-refractivity contribution in [3.05, 3.63) is 52.7 Å². The standard InChI is InChI=1S/C17H17ClN4O3/c1-3-25-16(23)12-8-14(24-2)15-20-17(21-22(15)10-12)19-9-11-5-4-6-13(18)7-11/h4-8,10H,3,9H2,1-2H3,(H,19,21). The van der Waals surface area contributed by atoms with E-state index in [9.17, 15) is 4.79 Å². The minimum Gasteiger partial charge on any atom is -0.493 e. The molecule has 3 rings (SSSR count). The van der Waals surface area contributed by atoms with E-state index in [1.54, 1.807) is 19.2 Å². The second-order valence-corrected chi connectivity index (χ2v) is 5.64. The van der Waals surface area contributed by atoms with E-state index in [-0.39, 0.29) is 0 Å². The molecule has 3 aromatic rings. The predicted octanol–water partition coefficient (Wildman–Crippen LogP) is 3.18. The number of benzene rings is 1. The van der Waals surface area contributed by atoms with Gasteiger partial charge in [0.05, 0.1) is 19.3 Å². The predicted molar refractivity (Wildman–Crippen MR) is 94.3 cm³/mol.